The second-order valence-corrected chi connectivity index (χ2v) is 8.41. The normalized spacial score (nSPS) is 26.1. The molecule has 1 aliphatic carbocycles. The van der Waals surface area contributed by atoms with E-state index in [1.54, 1.807) is 0 Å². The van der Waals surface area contributed by atoms with Gasteiger partial charge in [0.1, 0.15) is 0 Å². The summed E-state index contributed by atoms with van der Waals surface area (Å²) in [7, 11) is 0. The third kappa shape index (κ3) is 3.91. The van der Waals surface area contributed by atoms with Gasteiger partial charge in [0.15, 0.2) is 5.82 Å². The Morgan fingerprint density at radius 1 is 1.00 bits per heavy atom. The minimum absolute atomic E-state index is 0.525. The van der Waals surface area contributed by atoms with Gasteiger partial charge in [-0.15, -0.1) is 0 Å². The maximum Gasteiger partial charge on any atom is 0.229 e. The number of thioether (sulfide) groups is 1. The molecule has 5 nitrogen and oxygen atoms in total. The predicted molar refractivity (Wildman–Crippen MR) is 92.7 cm³/mol. The first-order chi connectivity index (χ1) is 11.4. The Balaban J connectivity index is 1.26. The molecule has 0 unspecified atom stereocenters. The SMILES string of the molecule is C1CCC(c2nc(CN3CCN(C4CCSCC4)CC3)no2)C1. The molecule has 6 heteroatoms. The van der Waals surface area contributed by atoms with Crippen LogP contribution in [0.25, 0.3) is 0 Å². The van der Waals surface area contributed by atoms with E-state index >= 15 is 0 Å². The zero-order valence-corrected chi connectivity index (χ0v) is 14.8. The molecule has 0 amide bonds. The van der Waals surface area contributed by atoms with Crippen molar-refractivity contribution >= 4 is 11.8 Å². The first kappa shape index (κ1) is 15.9. The van der Waals surface area contributed by atoms with Gasteiger partial charge >= 0.3 is 0 Å². The molecule has 3 aliphatic rings. The van der Waals surface area contributed by atoms with Crippen molar-refractivity contribution in [1.82, 2.24) is 19.9 Å². The van der Waals surface area contributed by atoms with Crippen molar-refractivity contribution in [2.45, 2.75) is 57.0 Å². The summed E-state index contributed by atoms with van der Waals surface area (Å²) in [5, 5.41) is 4.22. The summed E-state index contributed by atoms with van der Waals surface area (Å²) >= 11 is 2.11. The van der Waals surface area contributed by atoms with Gasteiger partial charge in [-0.3, -0.25) is 9.80 Å². The van der Waals surface area contributed by atoms with E-state index < -0.39 is 0 Å². The maximum absolute atomic E-state index is 5.51. The largest absolute Gasteiger partial charge is 0.339 e. The van der Waals surface area contributed by atoms with E-state index in [1.165, 1.54) is 63.1 Å². The smallest absolute Gasteiger partial charge is 0.229 e. The van der Waals surface area contributed by atoms with Gasteiger partial charge in [0.2, 0.25) is 5.89 Å². The molecule has 1 aromatic heterocycles. The van der Waals surface area contributed by atoms with Crippen LogP contribution in [0.1, 0.15) is 56.2 Å². The second-order valence-electron chi connectivity index (χ2n) is 7.19. The molecular weight excluding hydrogens is 308 g/mol. The van der Waals surface area contributed by atoms with Gasteiger partial charge in [-0.2, -0.15) is 16.7 Å². The molecule has 0 atom stereocenters. The van der Waals surface area contributed by atoms with Gasteiger partial charge < -0.3 is 4.52 Å². The summed E-state index contributed by atoms with van der Waals surface area (Å²) in [5.74, 6) is 4.98. The van der Waals surface area contributed by atoms with E-state index in [9.17, 15) is 0 Å². The van der Waals surface area contributed by atoms with Crippen LogP contribution < -0.4 is 0 Å². The fourth-order valence-corrected chi connectivity index (χ4v) is 5.29. The molecule has 0 bridgehead atoms. The molecule has 4 rings (SSSR count). The van der Waals surface area contributed by atoms with Crippen LogP contribution in [0.2, 0.25) is 0 Å². The highest BCUT2D eigenvalue weighted by atomic mass is 32.2. The molecule has 1 saturated carbocycles. The zero-order valence-electron chi connectivity index (χ0n) is 14.0. The number of piperazine rings is 1. The molecule has 0 N–H and O–H groups in total. The number of aromatic nitrogens is 2. The Kier molecular flexibility index (Phi) is 5.21. The average Bonchev–Trinajstić information content (AvgIpc) is 3.28. The van der Waals surface area contributed by atoms with Crippen molar-refractivity contribution in [3.05, 3.63) is 11.7 Å². The van der Waals surface area contributed by atoms with Crippen molar-refractivity contribution in [1.29, 1.82) is 0 Å². The first-order valence-corrected chi connectivity index (χ1v) is 10.4. The van der Waals surface area contributed by atoms with E-state index in [1.807, 2.05) is 0 Å². The van der Waals surface area contributed by atoms with E-state index in [0.717, 1.165) is 37.4 Å². The monoisotopic (exact) mass is 336 g/mol. The highest BCUT2D eigenvalue weighted by Crippen LogP contribution is 2.33. The lowest BCUT2D eigenvalue weighted by Gasteiger charge is -2.40. The summed E-state index contributed by atoms with van der Waals surface area (Å²) in [4.78, 5) is 9.85. The molecule has 1 aromatic rings. The minimum atomic E-state index is 0.525. The van der Waals surface area contributed by atoms with Crippen LogP contribution in [0.5, 0.6) is 0 Å². The Labute approximate surface area is 143 Å². The number of nitrogens with zero attached hydrogens (tertiary/aromatic N) is 4. The number of hydrogen-bond donors (Lipinski definition) is 0. The molecule has 3 fully saturated rings. The quantitative estimate of drug-likeness (QED) is 0.842. The third-order valence-electron chi connectivity index (χ3n) is 5.67. The standard InChI is InChI=1S/C17H28N4OS/c1-2-4-14(3-1)17-18-16(19-22-17)13-20-7-9-21(10-8-20)15-5-11-23-12-6-15/h14-15H,1-13H2. The van der Waals surface area contributed by atoms with Gasteiger partial charge in [-0.1, -0.05) is 18.0 Å². The molecule has 0 radical (unpaired) electrons. The predicted octanol–water partition coefficient (Wildman–Crippen LogP) is 2.74. The van der Waals surface area contributed by atoms with Gasteiger partial charge in [-0.25, -0.2) is 0 Å². The summed E-state index contributed by atoms with van der Waals surface area (Å²) in [6, 6.07) is 0.831. The number of hydrogen-bond acceptors (Lipinski definition) is 6. The van der Waals surface area contributed by atoms with Crippen molar-refractivity contribution in [2.75, 3.05) is 37.7 Å². The van der Waals surface area contributed by atoms with Crippen LogP contribution >= 0.6 is 11.8 Å². The van der Waals surface area contributed by atoms with Crippen LogP contribution in [0.3, 0.4) is 0 Å². The van der Waals surface area contributed by atoms with E-state index in [0.29, 0.717) is 5.92 Å². The maximum atomic E-state index is 5.51. The Morgan fingerprint density at radius 3 is 2.48 bits per heavy atom. The van der Waals surface area contributed by atoms with Crippen LogP contribution in [0.4, 0.5) is 0 Å². The van der Waals surface area contributed by atoms with Crippen LogP contribution in [-0.2, 0) is 6.54 Å². The Hall–Kier alpha value is -0.590. The minimum Gasteiger partial charge on any atom is -0.339 e. The Bertz CT molecular complexity index is 489. The molecule has 23 heavy (non-hydrogen) atoms. The van der Waals surface area contributed by atoms with E-state index in [4.69, 9.17) is 4.52 Å². The summed E-state index contributed by atoms with van der Waals surface area (Å²) in [6.45, 7) is 5.52. The topological polar surface area (TPSA) is 45.4 Å². The van der Waals surface area contributed by atoms with Crippen LogP contribution in [0.15, 0.2) is 4.52 Å². The van der Waals surface area contributed by atoms with Gasteiger partial charge in [-0.05, 0) is 37.2 Å². The molecule has 3 heterocycles. The summed E-state index contributed by atoms with van der Waals surface area (Å²) in [6.07, 6.45) is 7.81. The highest BCUT2D eigenvalue weighted by molar-refractivity contribution is 7.99. The first-order valence-electron chi connectivity index (χ1n) is 9.25. The van der Waals surface area contributed by atoms with Gasteiger partial charge in [0.25, 0.3) is 0 Å². The molecule has 0 aromatic carbocycles. The molecule has 2 saturated heterocycles. The molecule has 0 spiro atoms. The van der Waals surface area contributed by atoms with Crippen molar-refractivity contribution in [3.8, 4) is 0 Å². The average molecular weight is 337 g/mol. The van der Waals surface area contributed by atoms with Crippen molar-refractivity contribution < 1.29 is 4.52 Å². The van der Waals surface area contributed by atoms with Crippen molar-refractivity contribution in [2.24, 2.45) is 0 Å². The van der Waals surface area contributed by atoms with Crippen LogP contribution in [-0.4, -0.2) is 63.7 Å². The zero-order chi connectivity index (χ0) is 15.5. The van der Waals surface area contributed by atoms with Crippen LogP contribution in [0, 0.1) is 0 Å². The van der Waals surface area contributed by atoms with Gasteiger partial charge in [0.05, 0.1) is 6.54 Å². The third-order valence-corrected chi connectivity index (χ3v) is 6.72. The van der Waals surface area contributed by atoms with E-state index in [2.05, 4.69) is 31.7 Å². The second kappa shape index (κ2) is 7.53. The highest BCUT2D eigenvalue weighted by Gasteiger charge is 2.27. The molecular formula is C17H28N4OS. The van der Waals surface area contributed by atoms with E-state index in [-0.39, 0.29) is 0 Å². The summed E-state index contributed by atoms with van der Waals surface area (Å²) in [5.41, 5.74) is 0. The molecule has 2 aliphatic heterocycles. The van der Waals surface area contributed by atoms with Crippen molar-refractivity contribution in [3.63, 3.8) is 0 Å². The fourth-order valence-electron chi connectivity index (χ4n) is 4.21. The summed E-state index contributed by atoms with van der Waals surface area (Å²) < 4.78 is 5.51. The van der Waals surface area contributed by atoms with Gasteiger partial charge in [0, 0.05) is 38.1 Å². The fraction of sp³-hybridized carbons (Fsp3) is 0.882. The molecule has 128 valence electrons. The lowest BCUT2D eigenvalue weighted by molar-refractivity contribution is 0.0860. The number of rotatable bonds is 4. The lowest BCUT2D eigenvalue weighted by atomic mass is 10.1. The Morgan fingerprint density at radius 2 is 1.74 bits per heavy atom. The lowest BCUT2D eigenvalue weighted by Crippen LogP contribution is -2.50.